The maximum Gasteiger partial charge on any atom is 0.294 e. The van der Waals surface area contributed by atoms with Crippen molar-refractivity contribution in [1.29, 1.82) is 0 Å². The number of anilines is 1. The molecule has 1 amide bonds. The molecule has 0 saturated heterocycles. The lowest BCUT2D eigenvalue weighted by Gasteiger charge is -2.27. The van der Waals surface area contributed by atoms with Crippen LogP contribution in [0.3, 0.4) is 0 Å². The Morgan fingerprint density at radius 2 is 1.68 bits per heavy atom. The Morgan fingerprint density at radius 3 is 2.32 bits per heavy atom. The van der Waals surface area contributed by atoms with Gasteiger partial charge >= 0.3 is 0 Å². The van der Waals surface area contributed by atoms with Crippen LogP contribution in [0.1, 0.15) is 92.5 Å². The van der Waals surface area contributed by atoms with Gasteiger partial charge in [-0.1, -0.05) is 62.8 Å². The molecule has 5 N–H and O–H groups in total. The SMILES string of the molecule is CCCC[N+]1=C(/C=C/C(=C/C=C2/N(CCCS(=O)(=O)O)c3ccc(S(=O)(=O)O)cc3C2(C)C)c2ccc(C(=O)NCCC(=O)Cc3nnc(S(N)(=O)=O)s3)cn2)C(C)(C)c2ccccc21. The van der Waals surface area contributed by atoms with E-state index in [1.165, 1.54) is 23.9 Å². The molecule has 0 spiro atoms. The second kappa shape index (κ2) is 19.3. The van der Waals surface area contributed by atoms with E-state index in [4.69, 9.17) is 10.1 Å². The second-order valence-electron chi connectivity index (χ2n) is 16.8. The number of para-hydroxylation sites is 1. The van der Waals surface area contributed by atoms with Crippen LogP contribution in [-0.2, 0) is 52.3 Å². The van der Waals surface area contributed by atoms with Gasteiger partial charge in [-0.15, -0.1) is 10.2 Å². The van der Waals surface area contributed by atoms with Gasteiger partial charge in [0.25, 0.3) is 36.2 Å². The Hall–Kier alpha value is -5.29. The van der Waals surface area contributed by atoms with Crippen LogP contribution in [-0.4, -0.2) is 96.9 Å². The standard InChI is InChI=1S/C44H51N7O10S4/c1-6-7-23-50-36-12-9-8-11-33(36)43(2,3)38(50)19-14-29(35-17-13-30(28-47-35)41(53)46-22-21-31(52)26-40-48-49-42(62-40)64(45,57)58)15-20-39-44(4,5)34-27-32(65(59,60)61)16-18-37(34)51(39)24-10-25-63(54,55)56/h8-9,11-20,27-28H,6-7,10,21-26H2,1-5H3,(H4-,45,46,53,54,55,56,57,58,59,60,61)/p+1. The fourth-order valence-electron chi connectivity index (χ4n) is 8.02. The molecule has 17 nitrogen and oxygen atoms in total. The first-order valence-electron chi connectivity index (χ1n) is 20.7. The molecule has 65 heavy (non-hydrogen) atoms. The number of primary sulfonamides is 1. The highest BCUT2D eigenvalue weighted by Gasteiger charge is 2.44. The highest BCUT2D eigenvalue weighted by atomic mass is 32.2. The van der Waals surface area contributed by atoms with Crippen LogP contribution < -0.4 is 15.4 Å². The topological polar surface area (TPSA) is 260 Å². The number of pyridine rings is 1. The number of nitrogens with zero attached hydrogens (tertiary/aromatic N) is 5. The molecule has 4 heterocycles. The average molecular weight is 967 g/mol. The summed E-state index contributed by atoms with van der Waals surface area (Å²) >= 11 is 0.704. The summed E-state index contributed by atoms with van der Waals surface area (Å²) in [5.74, 6) is -1.27. The van der Waals surface area contributed by atoms with E-state index in [-0.39, 0.29) is 59.0 Å². The number of aromatic nitrogens is 3. The number of Topliss-reactive ketones (excluding diaryl/α,β-unsaturated/α-hetero) is 1. The minimum atomic E-state index is -4.55. The highest BCUT2D eigenvalue weighted by Crippen LogP contribution is 2.49. The van der Waals surface area contributed by atoms with E-state index >= 15 is 0 Å². The molecule has 21 heteroatoms. The Morgan fingerprint density at radius 1 is 0.938 bits per heavy atom. The van der Waals surface area contributed by atoms with Gasteiger partial charge in [-0.05, 0) is 68.3 Å². The Kier molecular flexibility index (Phi) is 14.6. The maximum absolute atomic E-state index is 13.2. The maximum atomic E-state index is 13.2. The van der Waals surface area contributed by atoms with Crippen molar-refractivity contribution in [3.63, 3.8) is 0 Å². The summed E-state index contributed by atoms with van der Waals surface area (Å²) in [5.41, 5.74) is 5.36. The summed E-state index contributed by atoms with van der Waals surface area (Å²) in [4.78, 5) is 32.0. The summed E-state index contributed by atoms with van der Waals surface area (Å²) in [7, 11) is -12.9. The molecular formula is C44H52N7O10S4+. The third kappa shape index (κ3) is 11.4. The number of benzene rings is 2. The summed E-state index contributed by atoms with van der Waals surface area (Å²) in [5, 5.41) is 15.2. The molecule has 2 aromatic heterocycles. The summed E-state index contributed by atoms with van der Waals surface area (Å²) in [6.45, 7) is 11.2. The van der Waals surface area contributed by atoms with E-state index < -0.39 is 51.7 Å². The van der Waals surface area contributed by atoms with Crippen molar-refractivity contribution in [1.82, 2.24) is 20.5 Å². The number of amides is 1. The number of unbranched alkanes of at least 4 members (excludes halogenated alkanes) is 1. The molecule has 0 unspecified atom stereocenters. The highest BCUT2D eigenvalue weighted by molar-refractivity contribution is 7.91. The van der Waals surface area contributed by atoms with Gasteiger partial charge in [-0.2, -0.15) is 21.4 Å². The van der Waals surface area contributed by atoms with Gasteiger partial charge < -0.3 is 10.2 Å². The van der Waals surface area contributed by atoms with Gasteiger partial charge in [0, 0.05) is 72.2 Å². The molecule has 0 atom stereocenters. The normalized spacial score (nSPS) is 16.6. The van der Waals surface area contributed by atoms with Gasteiger partial charge in [0.2, 0.25) is 10.0 Å². The van der Waals surface area contributed by atoms with Crippen LogP contribution in [0, 0.1) is 0 Å². The van der Waals surface area contributed by atoms with Gasteiger partial charge in [0.1, 0.15) is 17.3 Å². The zero-order chi connectivity index (χ0) is 47.5. The number of fused-ring (bicyclic) bond motifs is 2. The first-order valence-corrected chi connectivity index (χ1v) is 26.1. The van der Waals surface area contributed by atoms with E-state index in [0.717, 1.165) is 30.8 Å². The molecule has 346 valence electrons. The lowest BCUT2D eigenvalue weighted by atomic mass is 9.81. The van der Waals surface area contributed by atoms with Crippen LogP contribution in [0.2, 0.25) is 0 Å². The quantitative estimate of drug-likeness (QED) is 0.0512. The fraction of sp³-hybridized carbons (Fsp3) is 0.364. The molecule has 6 rings (SSSR count). The molecule has 2 aromatic carbocycles. The number of ketones is 1. The van der Waals surface area contributed by atoms with Crippen LogP contribution in [0.5, 0.6) is 0 Å². The van der Waals surface area contributed by atoms with Crippen molar-refractivity contribution in [3.05, 3.63) is 118 Å². The largest absolute Gasteiger partial charge is 0.352 e. The minimum Gasteiger partial charge on any atom is -0.352 e. The molecule has 0 aliphatic carbocycles. The van der Waals surface area contributed by atoms with Crippen LogP contribution in [0.4, 0.5) is 11.4 Å². The van der Waals surface area contributed by atoms with E-state index in [9.17, 15) is 43.9 Å². The van der Waals surface area contributed by atoms with Gasteiger partial charge in [0.05, 0.1) is 33.7 Å². The van der Waals surface area contributed by atoms with Crippen LogP contribution in [0.15, 0.2) is 100 Å². The van der Waals surface area contributed by atoms with Crippen molar-refractivity contribution in [2.45, 2.75) is 86.8 Å². The number of hydrogen-bond donors (Lipinski definition) is 4. The molecule has 0 bridgehead atoms. The lowest BCUT2D eigenvalue weighted by molar-refractivity contribution is -0.438. The molecule has 4 aromatic rings. The van der Waals surface area contributed by atoms with Gasteiger partial charge in [-0.3, -0.25) is 23.7 Å². The minimum absolute atomic E-state index is 0.00230. The van der Waals surface area contributed by atoms with Crippen molar-refractivity contribution in [3.8, 4) is 0 Å². The number of carbonyl (C=O) groups is 2. The third-order valence-corrected chi connectivity index (χ3v) is 15.3. The fourth-order valence-corrected chi connectivity index (χ4v) is 10.5. The van der Waals surface area contributed by atoms with E-state index in [1.54, 1.807) is 18.2 Å². The number of sulfonamides is 1. The van der Waals surface area contributed by atoms with Crippen molar-refractivity contribution < 1.29 is 48.5 Å². The average Bonchev–Trinajstić information content (AvgIpc) is 3.85. The van der Waals surface area contributed by atoms with Crippen molar-refractivity contribution >= 4 is 75.9 Å². The lowest BCUT2D eigenvalue weighted by Crippen LogP contribution is -2.28. The molecule has 0 saturated carbocycles. The molecular weight excluding hydrogens is 915 g/mol. The van der Waals surface area contributed by atoms with Crippen LogP contribution in [0.25, 0.3) is 5.57 Å². The number of nitrogens with two attached hydrogens (primary N) is 1. The molecule has 2 aliphatic heterocycles. The summed E-state index contributed by atoms with van der Waals surface area (Å²) in [6.07, 6.45) is 10.9. The molecule has 2 aliphatic rings. The summed E-state index contributed by atoms with van der Waals surface area (Å²) < 4.78 is 92.3. The second-order valence-corrected chi connectivity index (χ2v) is 22.6. The zero-order valence-electron chi connectivity index (χ0n) is 36.6. The number of carbonyl (C=O) groups excluding carboxylic acids is 2. The molecule has 0 radical (unpaired) electrons. The monoisotopic (exact) mass is 966 g/mol. The predicted molar refractivity (Wildman–Crippen MR) is 248 cm³/mol. The van der Waals surface area contributed by atoms with Gasteiger partial charge in [-0.25, -0.2) is 13.6 Å². The smallest absolute Gasteiger partial charge is 0.294 e. The van der Waals surface area contributed by atoms with E-state index in [0.29, 0.717) is 39.6 Å². The van der Waals surface area contributed by atoms with Crippen molar-refractivity contribution in [2.24, 2.45) is 5.14 Å². The first kappa shape index (κ1) is 49.2. The molecule has 0 fully saturated rings. The zero-order valence-corrected chi connectivity index (χ0v) is 39.8. The number of hydrogen-bond acceptors (Lipinski definition) is 13. The van der Waals surface area contributed by atoms with E-state index in [2.05, 4.69) is 59.1 Å². The summed E-state index contributed by atoms with van der Waals surface area (Å²) in [6, 6.07) is 15.8. The van der Waals surface area contributed by atoms with Gasteiger partial charge in [0.15, 0.2) is 5.71 Å². The number of allylic oxidation sites excluding steroid dienone is 6. The first-order chi connectivity index (χ1) is 30.4. The van der Waals surface area contributed by atoms with E-state index in [1.807, 2.05) is 49.1 Å². The van der Waals surface area contributed by atoms with Crippen molar-refractivity contribution in [2.75, 3.05) is 30.3 Å². The van der Waals surface area contributed by atoms with Crippen LogP contribution >= 0.6 is 11.3 Å². The number of rotatable bonds is 19. The Labute approximate surface area is 383 Å². The Balaban J connectivity index is 1.35. The Bertz CT molecular complexity index is 2970. The number of nitrogens with one attached hydrogen (secondary N) is 1. The predicted octanol–water partition coefficient (Wildman–Crippen LogP) is 5.53. The third-order valence-electron chi connectivity index (χ3n) is 11.4.